The molecule has 2 N–H and O–H groups in total. The van der Waals surface area contributed by atoms with Gasteiger partial charge in [-0.05, 0) is 0 Å². The summed E-state index contributed by atoms with van der Waals surface area (Å²) in [7, 11) is 1.09. The molecule has 13 heavy (non-hydrogen) atoms. The molecule has 0 aromatic rings. The Morgan fingerprint density at radius 3 is 2.15 bits per heavy atom. The number of hydrogen-bond acceptors (Lipinski definition) is 4. The second-order valence-corrected chi connectivity index (χ2v) is 2.07. The quantitative estimate of drug-likeness (QED) is 0.461. The third-order valence-electron chi connectivity index (χ3n) is 1.13. The van der Waals surface area contributed by atoms with Gasteiger partial charge in [0, 0.05) is 6.08 Å². The molecule has 0 bridgehead atoms. The van der Waals surface area contributed by atoms with Crippen LogP contribution in [-0.4, -0.2) is 35.2 Å². The molecule has 0 amide bonds. The van der Waals surface area contributed by atoms with Gasteiger partial charge in [-0.3, -0.25) is 4.79 Å². The smallest absolute Gasteiger partial charge is 0.332 e. The van der Waals surface area contributed by atoms with E-state index in [-0.39, 0.29) is 0 Å². The molecule has 0 heterocycles. The number of hydrogen-bond donors (Lipinski definition) is 2. The number of methoxy groups -OCH3 is 1. The number of carboxylic acids is 2. The molecule has 0 aliphatic heterocycles. The van der Waals surface area contributed by atoms with Gasteiger partial charge in [0.05, 0.1) is 19.1 Å². The topological polar surface area (TPSA) is 101 Å². The third kappa shape index (κ3) is 4.57. The van der Waals surface area contributed by atoms with Crippen LogP contribution in [0.25, 0.3) is 0 Å². The number of carbonyl (C=O) groups is 3. The first-order valence-electron chi connectivity index (χ1n) is 3.21. The lowest BCUT2D eigenvalue weighted by atomic mass is 10.2. The number of carboxylic acid groups (broad SMARTS) is 2. The van der Waals surface area contributed by atoms with E-state index in [1.165, 1.54) is 0 Å². The minimum absolute atomic E-state index is 0.458. The monoisotopic (exact) mass is 188 g/mol. The maximum absolute atomic E-state index is 10.6. The van der Waals surface area contributed by atoms with E-state index in [0.29, 0.717) is 6.08 Å². The number of rotatable bonds is 4. The van der Waals surface area contributed by atoms with Crippen LogP contribution in [0.15, 0.2) is 11.6 Å². The van der Waals surface area contributed by atoms with Crippen LogP contribution in [-0.2, 0) is 19.1 Å². The lowest BCUT2D eigenvalue weighted by molar-refractivity contribution is -0.142. The highest BCUT2D eigenvalue weighted by Crippen LogP contribution is 2.02. The summed E-state index contributed by atoms with van der Waals surface area (Å²) >= 11 is 0. The van der Waals surface area contributed by atoms with E-state index >= 15 is 0 Å². The summed E-state index contributed by atoms with van der Waals surface area (Å²) in [5, 5.41) is 16.7. The molecule has 0 radical (unpaired) electrons. The van der Waals surface area contributed by atoms with Gasteiger partial charge in [0.25, 0.3) is 0 Å². The molecule has 6 nitrogen and oxygen atoms in total. The van der Waals surface area contributed by atoms with Gasteiger partial charge in [-0.2, -0.15) is 0 Å². The Bertz CT molecular complexity index is 264. The Morgan fingerprint density at radius 1 is 1.31 bits per heavy atom. The summed E-state index contributed by atoms with van der Waals surface area (Å²) in [5.74, 6) is -3.66. The van der Waals surface area contributed by atoms with Crippen LogP contribution in [0.3, 0.4) is 0 Å². The van der Waals surface area contributed by atoms with Gasteiger partial charge in [-0.25, -0.2) is 9.59 Å². The molecular formula is C7H8O6. The Hall–Kier alpha value is -1.85. The minimum Gasteiger partial charge on any atom is -0.478 e. The van der Waals surface area contributed by atoms with Crippen molar-refractivity contribution in [1.29, 1.82) is 0 Å². The van der Waals surface area contributed by atoms with Gasteiger partial charge in [-0.15, -0.1) is 0 Å². The van der Waals surface area contributed by atoms with E-state index in [9.17, 15) is 14.4 Å². The van der Waals surface area contributed by atoms with Crippen molar-refractivity contribution < 1.29 is 29.3 Å². The van der Waals surface area contributed by atoms with Gasteiger partial charge in [0.15, 0.2) is 0 Å². The van der Waals surface area contributed by atoms with E-state index in [1.54, 1.807) is 0 Å². The summed E-state index contributed by atoms with van der Waals surface area (Å²) in [6.07, 6.45) is -0.0998. The number of ether oxygens (including phenoxy) is 1. The summed E-state index contributed by atoms with van der Waals surface area (Å²) in [5.41, 5.74) is -0.514. The summed E-state index contributed by atoms with van der Waals surface area (Å²) in [6, 6.07) is 0. The molecule has 0 unspecified atom stereocenters. The zero-order valence-corrected chi connectivity index (χ0v) is 6.81. The number of aliphatic carboxylic acids is 2. The van der Waals surface area contributed by atoms with E-state index in [4.69, 9.17) is 10.2 Å². The molecule has 0 spiro atoms. The predicted octanol–water partition coefficient (Wildman–Crippen LogP) is -0.355. The molecule has 6 heteroatoms. The van der Waals surface area contributed by atoms with E-state index in [2.05, 4.69) is 4.74 Å². The van der Waals surface area contributed by atoms with Crippen molar-refractivity contribution in [2.75, 3.05) is 7.11 Å². The number of esters is 1. The Morgan fingerprint density at radius 2 is 1.85 bits per heavy atom. The second-order valence-electron chi connectivity index (χ2n) is 2.07. The highest BCUT2D eigenvalue weighted by Gasteiger charge is 2.14. The molecule has 0 saturated heterocycles. The predicted molar refractivity (Wildman–Crippen MR) is 40.0 cm³/mol. The molecule has 0 atom stereocenters. The average Bonchev–Trinajstić information content (AvgIpc) is 2.02. The lowest BCUT2D eigenvalue weighted by Crippen LogP contribution is -2.10. The molecule has 0 fully saturated rings. The van der Waals surface area contributed by atoms with Gasteiger partial charge in [0.2, 0.25) is 0 Å². The SMILES string of the molecule is COC(=O)CC(=CC(=O)O)C(=O)O. The maximum Gasteiger partial charge on any atom is 0.332 e. The van der Waals surface area contributed by atoms with Crippen molar-refractivity contribution in [3.8, 4) is 0 Å². The van der Waals surface area contributed by atoms with Crippen LogP contribution in [0, 0.1) is 0 Å². The standard InChI is InChI=1S/C7H8O6/c1-13-6(10)3-4(7(11)12)2-5(8)9/h2H,3H2,1H3,(H,8,9)(H,11,12). The van der Waals surface area contributed by atoms with Gasteiger partial charge in [0.1, 0.15) is 0 Å². The summed E-state index contributed by atoms with van der Waals surface area (Å²) < 4.78 is 4.18. The third-order valence-corrected chi connectivity index (χ3v) is 1.13. The highest BCUT2D eigenvalue weighted by molar-refractivity contribution is 5.98. The fraction of sp³-hybridized carbons (Fsp3) is 0.286. The van der Waals surface area contributed by atoms with Crippen LogP contribution in [0.2, 0.25) is 0 Å². The largest absolute Gasteiger partial charge is 0.478 e. The fourth-order valence-electron chi connectivity index (χ4n) is 0.565. The van der Waals surface area contributed by atoms with Crippen LogP contribution >= 0.6 is 0 Å². The second kappa shape index (κ2) is 4.91. The summed E-state index contributed by atoms with van der Waals surface area (Å²) in [6.45, 7) is 0. The molecule has 0 aromatic heterocycles. The van der Waals surface area contributed by atoms with E-state index in [1.807, 2.05) is 0 Å². The first-order valence-corrected chi connectivity index (χ1v) is 3.21. The van der Waals surface area contributed by atoms with Crippen molar-refractivity contribution in [1.82, 2.24) is 0 Å². The van der Waals surface area contributed by atoms with Crippen molar-refractivity contribution in [3.63, 3.8) is 0 Å². The van der Waals surface area contributed by atoms with Crippen molar-refractivity contribution in [2.24, 2.45) is 0 Å². The average molecular weight is 188 g/mol. The number of carbonyl (C=O) groups excluding carboxylic acids is 1. The van der Waals surface area contributed by atoms with E-state index < -0.39 is 29.9 Å². The molecule has 0 rings (SSSR count). The van der Waals surface area contributed by atoms with Gasteiger partial charge >= 0.3 is 17.9 Å². The van der Waals surface area contributed by atoms with Crippen molar-refractivity contribution in [2.45, 2.75) is 6.42 Å². The molecular weight excluding hydrogens is 180 g/mol. The van der Waals surface area contributed by atoms with Crippen LogP contribution in [0.5, 0.6) is 0 Å². The van der Waals surface area contributed by atoms with Crippen molar-refractivity contribution in [3.05, 3.63) is 11.6 Å². The first-order chi connectivity index (χ1) is 5.97. The minimum atomic E-state index is -1.45. The van der Waals surface area contributed by atoms with Crippen LogP contribution in [0.1, 0.15) is 6.42 Å². The zero-order chi connectivity index (χ0) is 10.4. The first kappa shape index (κ1) is 11.2. The van der Waals surface area contributed by atoms with E-state index in [0.717, 1.165) is 7.11 Å². The van der Waals surface area contributed by atoms with Crippen LogP contribution < -0.4 is 0 Å². The molecule has 72 valence electrons. The highest BCUT2D eigenvalue weighted by atomic mass is 16.5. The summed E-state index contributed by atoms with van der Waals surface area (Å²) in [4.78, 5) is 31.0. The zero-order valence-electron chi connectivity index (χ0n) is 6.81. The van der Waals surface area contributed by atoms with Crippen LogP contribution in [0.4, 0.5) is 0 Å². The van der Waals surface area contributed by atoms with Crippen molar-refractivity contribution >= 4 is 17.9 Å². The molecule has 0 aliphatic carbocycles. The van der Waals surface area contributed by atoms with Gasteiger partial charge in [-0.1, -0.05) is 0 Å². The normalized spacial score (nSPS) is 10.7. The molecule has 0 saturated carbocycles. The lowest BCUT2D eigenvalue weighted by Gasteiger charge is -1.98. The Balaban J connectivity index is 4.54. The van der Waals surface area contributed by atoms with Gasteiger partial charge < -0.3 is 14.9 Å². The maximum atomic E-state index is 10.6. The Kier molecular flexibility index (Phi) is 4.21. The molecule has 0 aromatic carbocycles. The fourth-order valence-corrected chi connectivity index (χ4v) is 0.565. The Labute approximate surface area is 73.4 Å². The molecule has 0 aliphatic rings.